The molecule has 2 atom stereocenters. The standard InChI is InChI=1S/C23H24N2O7/c1-29-16-7-5-4-6-13(16)12-24-21(27)15-9-11-18(26)25(15)22-14-8-10-17(30-2)20(31-3)19(14)23(28)32-22/h4-8,10,15,22H,9,11-12H2,1-3H3,(H,24,27)/t15-,22?/m0/s1. The Labute approximate surface area is 185 Å². The number of methoxy groups -OCH3 is 3. The van der Waals surface area contributed by atoms with Gasteiger partial charge in [0.1, 0.15) is 17.4 Å². The topological polar surface area (TPSA) is 103 Å². The molecule has 1 unspecified atom stereocenters. The minimum atomic E-state index is -1.01. The number of ether oxygens (including phenoxy) is 4. The second-order valence-electron chi connectivity index (χ2n) is 7.41. The molecule has 4 rings (SSSR count). The Morgan fingerprint density at radius 3 is 2.53 bits per heavy atom. The van der Waals surface area contributed by atoms with Gasteiger partial charge in [-0.3, -0.25) is 14.5 Å². The summed E-state index contributed by atoms with van der Waals surface area (Å²) < 4.78 is 21.5. The van der Waals surface area contributed by atoms with Crippen LogP contribution >= 0.6 is 0 Å². The first-order chi connectivity index (χ1) is 15.5. The van der Waals surface area contributed by atoms with Crippen molar-refractivity contribution < 1.29 is 33.3 Å². The highest BCUT2D eigenvalue weighted by Gasteiger charge is 2.47. The van der Waals surface area contributed by atoms with E-state index in [0.717, 1.165) is 5.56 Å². The molecule has 2 amide bonds. The molecule has 1 saturated heterocycles. The molecule has 1 fully saturated rings. The maximum atomic E-state index is 13.0. The van der Waals surface area contributed by atoms with Gasteiger partial charge in [0.2, 0.25) is 18.0 Å². The number of nitrogens with one attached hydrogen (secondary N) is 1. The first kappa shape index (κ1) is 21.5. The summed E-state index contributed by atoms with van der Waals surface area (Å²) in [5.74, 6) is 0.0547. The zero-order chi connectivity index (χ0) is 22.8. The van der Waals surface area contributed by atoms with Crippen molar-refractivity contribution in [2.24, 2.45) is 0 Å². The van der Waals surface area contributed by atoms with Crippen molar-refractivity contribution >= 4 is 17.8 Å². The van der Waals surface area contributed by atoms with Crippen LogP contribution in [0.15, 0.2) is 36.4 Å². The molecular formula is C23H24N2O7. The van der Waals surface area contributed by atoms with Crippen molar-refractivity contribution in [2.45, 2.75) is 31.7 Å². The minimum absolute atomic E-state index is 0.184. The number of fused-ring (bicyclic) bond motifs is 1. The van der Waals surface area contributed by atoms with Crippen LogP contribution in [-0.2, 0) is 20.9 Å². The van der Waals surface area contributed by atoms with E-state index in [1.165, 1.54) is 19.1 Å². The molecule has 0 spiro atoms. The van der Waals surface area contributed by atoms with E-state index in [2.05, 4.69) is 5.32 Å². The Hall–Kier alpha value is -3.75. The Kier molecular flexibility index (Phi) is 5.89. The van der Waals surface area contributed by atoms with Crippen LogP contribution in [0.5, 0.6) is 17.2 Å². The van der Waals surface area contributed by atoms with E-state index in [4.69, 9.17) is 18.9 Å². The molecule has 168 valence electrons. The van der Waals surface area contributed by atoms with Crippen molar-refractivity contribution in [1.82, 2.24) is 10.2 Å². The molecule has 2 aromatic rings. The maximum Gasteiger partial charge on any atom is 0.344 e. The molecule has 0 aliphatic carbocycles. The van der Waals surface area contributed by atoms with Gasteiger partial charge in [-0.15, -0.1) is 0 Å². The van der Waals surface area contributed by atoms with Crippen LogP contribution in [0.1, 0.15) is 40.6 Å². The number of amides is 2. The molecule has 1 N–H and O–H groups in total. The van der Waals surface area contributed by atoms with Gasteiger partial charge in [-0.2, -0.15) is 0 Å². The van der Waals surface area contributed by atoms with Crippen molar-refractivity contribution in [1.29, 1.82) is 0 Å². The van der Waals surface area contributed by atoms with Crippen molar-refractivity contribution in [2.75, 3.05) is 21.3 Å². The van der Waals surface area contributed by atoms with Gasteiger partial charge in [0.25, 0.3) is 0 Å². The number of esters is 1. The van der Waals surface area contributed by atoms with Gasteiger partial charge < -0.3 is 24.3 Å². The predicted octanol–water partition coefficient (Wildman–Crippen LogP) is 2.19. The molecule has 2 aliphatic heterocycles. The normalized spacial score (nSPS) is 19.4. The highest BCUT2D eigenvalue weighted by molar-refractivity contribution is 5.99. The van der Waals surface area contributed by atoms with Gasteiger partial charge in [0.15, 0.2) is 11.5 Å². The lowest BCUT2D eigenvalue weighted by atomic mass is 10.0. The second kappa shape index (κ2) is 8.78. The van der Waals surface area contributed by atoms with E-state index >= 15 is 0 Å². The van der Waals surface area contributed by atoms with Gasteiger partial charge in [-0.1, -0.05) is 18.2 Å². The van der Waals surface area contributed by atoms with Crippen LogP contribution in [0, 0.1) is 0 Å². The van der Waals surface area contributed by atoms with Crippen LogP contribution in [0.25, 0.3) is 0 Å². The second-order valence-corrected chi connectivity index (χ2v) is 7.41. The fourth-order valence-electron chi connectivity index (χ4n) is 4.19. The first-order valence-electron chi connectivity index (χ1n) is 10.2. The average Bonchev–Trinajstić information content (AvgIpc) is 3.36. The fourth-order valence-corrected chi connectivity index (χ4v) is 4.19. The number of nitrogens with zero attached hydrogens (tertiary/aromatic N) is 1. The predicted molar refractivity (Wildman–Crippen MR) is 112 cm³/mol. The van der Waals surface area contributed by atoms with Crippen LogP contribution < -0.4 is 19.5 Å². The number of hydrogen-bond acceptors (Lipinski definition) is 7. The molecule has 0 saturated carbocycles. The molecule has 9 nitrogen and oxygen atoms in total. The molecule has 0 radical (unpaired) electrons. The Morgan fingerprint density at radius 1 is 1.06 bits per heavy atom. The van der Waals surface area contributed by atoms with Gasteiger partial charge in [0, 0.05) is 24.1 Å². The van der Waals surface area contributed by atoms with Crippen LogP contribution in [-0.4, -0.2) is 50.1 Å². The first-order valence-corrected chi connectivity index (χ1v) is 10.2. The Morgan fingerprint density at radius 2 is 1.81 bits per heavy atom. The summed E-state index contributed by atoms with van der Waals surface area (Å²) in [6.07, 6.45) is -0.495. The van der Waals surface area contributed by atoms with Crippen molar-refractivity contribution in [3.8, 4) is 17.2 Å². The summed E-state index contributed by atoms with van der Waals surface area (Å²) in [5, 5.41) is 2.87. The van der Waals surface area contributed by atoms with Crippen molar-refractivity contribution in [3.05, 3.63) is 53.1 Å². The molecule has 2 aliphatic rings. The van der Waals surface area contributed by atoms with E-state index < -0.39 is 18.2 Å². The summed E-state index contributed by atoms with van der Waals surface area (Å²) in [4.78, 5) is 39.7. The minimum Gasteiger partial charge on any atom is -0.496 e. The number of likely N-dealkylation sites (tertiary alicyclic amines) is 1. The lowest BCUT2D eigenvalue weighted by Crippen LogP contribution is -2.46. The number of cyclic esters (lactones) is 1. The molecule has 0 aromatic heterocycles. The van der Waals surface area contributed by atoms with Crippen molar-refractivity contribution in [3.63, 3.8) is 0 Å². The maximum absolute atomic E-state index is 13.0. The average molecular weight is 440 g/mol. The number of rotatable bonds is 7. The summed E-state index contributed by atoms with van der Waals surface area (Å²) in [6.45, 7) is 0.243. The molecular weight excluding hydrogens is 416 g/mol. The Bertz CT molecular complexity index is 1070. The van der Waals surface area contributed by atoms with Crippen LogP contribution in [0.2, 0.25) is 0 Å². The van der Waals surface area contributed by atoms with E-state index in [-0.39, 0.29) is 36.1 Å². The SMILES string of the molecule is COc1ccccc1CNC(=O)[C@@H]1CCC(=O)N1C1OC(=O)c2c1ccc(OC)c2OC. The van der Waals surface area contributed by atoms with E-state index in [1.54, 1.807) is 19.2 Å². The molecule has 0 bridgehead atoms. The lowest BCUT2D eigenvalue weighted by molar-refractivity contribution is -0.145. The van der Waals surface area contributed by atoms with Crippen LogP contribution in [0.4, 0.5) is 0 Å². The molecule has 9 heteroatoms. The zero-order valence-electron chi connectivity index (χ0n) is 18.0. The zero-order valence-corrected chi connectivity index (χ0v) is 18.0. The molecule has 2 aromatic carbocycles. The van der Waals surface area contributed by atoms with Gasteiger partial charge >= 0.3 is 5.97 Å². The van der Waals surface area contributed by atoms with Gasteiger partial charge in [-0.25, -0.2) is 4.79 Å². The number of carbonyl (C=O) groups is 3. The number of benzene rings is 2. The number of hydrogen-bond donors (Lipinski definition) is 1. The lowest BCUT2D eigenvalue weighted by Gasteiger charge is -2.29. The third-order valence-corrected chi connectivity index (χ3v) is 5.72. The Balaban J connectivity index is 1.58. The van der Waals surface area contributed by atoms with E-state index in [9.17, 15) is 14.4 Å². The van der Waals surface area contributed by atoms with Crippen LogP contribution in [0.3, 0.4) is 0 Å². The highest BCUT2D eigenvalue weighted by atomic mass is 16.6. The summed E-state index contributed by atoms with van der Waals surface area (Å²) >= 11 is 0. The summed E-state index contributed by atoms with van der Waals surface area (Å²) in [7, 11) is 4.45. The van der Waals surface area contributed by atoms with E-state index in [0.29, 0.717) is 23.5 Å². The quantitative estimate of drug-likeness (QED) is 0.658. The number of para-hydroxylation sites is 1. The molecule has 2 heterocycles. The third-order valence-electron chi connectivity index (χ3n) is 5.72. The third kappa shape index (κ3) is 3.59. The van der Waals surface area contributed by atoms with Gasteiger partial charge in [-0.05, 0) is 24.6 Å². The monoisotopic (exact) mass is 440 g/mol. The highest BCUT2D eigenvalue weighted by Crippen LogP contribution is 2.45. The van der Waals surface area contributed by atoms with E-state index in [1.807, 2.05) is 24.3 Å². The summed E-state index contributed by atoms with van der Waals surface area (Å²) in [6, 6.07) is 9.89. The smallest absolute Gasteiger partial charge is 0.344 e. The molecule has 32 heavy (non-hydrogen) atoms. The number of carbonyl (C=O) groups excluding carboxylic acids is 3. The summed E-state index contributed by atoms with van der Waals surface area (Å²) in [5.41, 5.74) is 1.48. The largest absolute Gasteiger partial charge is 0.496 e. The fraction of sp³-hybridized carbons (Fsp3) is 0.348. The van der Waals surface area contributed by atoms with Gasteiger partial charge in [0.05, 0.1) is 21.3 Å².